The molecule has 0 N–H and O–H groups in total. The van der Waals surface area contributed by atoms with Crippen molar-refractivity contribution in [2.24, 2.45) is 29.6 Å². The van der Waals surface area contributed by atoms with E-state index in [1.807, 2.05) is 0 Å². The SMILES string of the molecule is CCCCCC1CCC(/C=C/C2CCC(C3CCC(OCC(F)(F)Oc4cc(F)c(C(F)(F)F)c(F)c4)CC3)CC2)CC1. The summed E-state index contributed by atoms with van der Waals surface area (Å²) in [5.74, 6) is -1.52. The fourth-order valence-corrected chi connectivity index (χ4v) is 7.50. The number of hydrogen-bond acceptors (Lipinski definition) is 2. The summed E-state index contributed by atoms with van der Waals surface area (Å²) >= 11 is 0. The largest absolute Gasteiger partial charge is 0.431 e. The van der Waals surface area contributed by atoms with Crippen molar-refractivity contribution in [2.75, 3.05) is 6.61 Å². The van der Waals surface area contributed by atoms with E-state index >= 15 is 0 Å². The number of ether oxygens (including phenoxy) is 2. The molecule has 0 unspecified atom stereocenters. The second-order valence-corrected chi connectivity index (χ2v) is 13.2. The number of halogens is 7. The molecule has 0 heterocycles. The maximum atomic E-state index is 14.3. The Kier molecular flexibility index (Phi) is 12.3. The van der Waals surface area contributed by atoms with Crippen LogP contribution in [0.3, 0.4) is 0 Å². The molecule has 0 radical (unpaired) electrons. The van der Waals surface area contributed by atoms with Gasteiger partial charge in [0.2, 0.25) is 0 Å². The summed E-state index contributed by atoms with van der Waals surface area (Å²) in [5.41, 5.74) is -2.15. The van der Waals surface area contributed by atoms with Gasteiger partial charge in [0.25, 0.3) is 0 Å². The predicted octanol–water partition coefficient (Wildman–Crippen LogP) is 11.3. The highest BCUT2D eigenvalue weighted by atomic mass is 19.4. The van der Waals surface area contributed by atoms with Crippen LogP contribution in [0.4, 0.5) is 30.7 Å². The van der Waals surface area contributed by atoms with Gasteiger partial charge in [0.15, 0.2) is 6.61 Å². The smallest absolute Gasteiger partial charge is 0.422 e. The molecule has 3 aliphatic carbocycles. The highest BCUT2D eigenvalue weighted by Gasteiger charge is 2.40. The number of unbranched alkanes of at least 4 members (excludes halogenated alkanes) is 2. The van der Waals surface area contributed by atoms with E-state index in [-0.39, 0.29) is 18.2 Å². The summed E-state index contributed by atoms with van der Waals surface area (Å²) in [5, 5.41) is 0. The molecule has 1 aromatic rings. The van der Waals surface area contributed by atoms with Gasteiger partial charge < -0.3 is 9.47 Å². The molecule has 0 amide bonds. The Balaban J connectivity index is 1.12. The highest BCUT2D eigenvalue weighted by Crippen LogP contribution is 2.42. The van der Waals surface area contributed by atoms with Gasteiger partial charge in [-0.3, -0.25) is 0 Å². The summed E-state index contributed by atoms with van der Waals surface area (Å²) in [6.07, 6.45) is 14.1. The second-order valence-electron chi connectivity index (χ2n) is 13.2. The summed E-state index contributed by atoms with van der Waals surface area (Å²) in [6, 6.07) is 0.214. The van der Waals surface area contributed by atoms with Crippen molar-refractivity contribution in [3.63, 3.8) is 0 Å². The first-order valence-corrected chi connectivity index (χ1v) is 16.4. The normalized spacial score (nSPS) is 29.2. The molecular weight excluding hydrogens is 573 g/mol. The van der Waals surface area contributed by atoms with Crippen LogP contribution in [-0.2, 0) is 10.9 Å². The standard InChI is InChI=1S/C34H47F7O2/c1-2-3-4-5-23-6-8-24(9-7-23)10-11-25-12-14-26(15-13-25)27-16-18-28(19-17-27)42-22-33(37,38)43-29-20-30(35)32(31(36)21-29)34(39,40)41/h10-11,20-21,23-28H,2-9,12-19,22H2,1H3/b11-10+. The van der Waals surface area contributed by atoms with Crippen molar-refractivity contribution in [1.82, 2.24) is 0 Å². The van der Waals surface area contributed by atoms with Crippen molar-refractivity contribution in [3.05, 3.63) is 41.5 Å². The Morgan fingerprint density at radius 1 is 0.721 bits per heavy atom. The Hall–Kier alpha value is -1.77. The number of alkyl halides is 5. The first-order valence-electron chi connectivity index (χ1n) is 16.4. The summed E-state index contributed by atoms with van der Waals surface area (Å²) in [4.78, 5) is 0. The van der Waals surface area contributed by atoms with E-state index in [4.69, 9.17) is 4.74 Å². The van der Waals surface area contributed by atoms with Crippen LogP contribution in [0.5, 0.6) is 5.75 Å². The Bertz CT molecular complexity index is 993. The van der Waals surface area contributed by atoms with Crippen molar-refractivity contribution < 1.29 is 40.2 Å². The lowest BCUT2D eigenvalue weighted by molar-refractivity contribution is -0.222. The molecule has 0 aromatic heterocycles. The molecule has 0 bridgehead atoms. The van der Waals surface area contributed by atoms with Gasteiger partial charge in [-0.2, -0.15) is 22.0 Å². The number of hydrogen-bond donors (Lipinski definition) is 0. The molecule has 244 valence electrons. The van der Waals surface area contributed by atoms with Crippen molar-refractivity contribution in [3.8, 4) is 5.75 Å². The van der Waals surface area contributed by atoms with E-state index in [1.54, 1.807) is 0 Å². The molecule has 3 aliphatic rings. The van der Waals surface area contributed by atoms with Crippen LogP contribution in [0.2, 0.25) is 0 Å². The zero-order valence-corrected chi connectivity index (χ0v) is 25.3. The van der Waals surface area contributed by atoms with Crippen molar-refractivity contribution in [2.45, 2.75) is 128 Å². The average molecular weight is 621 g/mol. The zero-order valence-electron chi connectivity index (χ0n) is 25.3. The van der Waals surface area contributed by atoms with Crippen LogP contribution in [-0.4, -0.2) is 18.8 Å². The van der Waals surface area contributed by atoms with E-state index in [0.29, 0.717) is 30.6 Å². The van der Waals surface area contributed by atoms with Gasteiger partial charge in [-0.05, 0) is 107 Å². The Labute approximate surface area is 251 Å². The average Bonchev–Trinajstić information content (AvgIpc) is 2.95. The topological polar surface area (TPSA) is 18.5 Å². The van der Waals surface area contributed by atoms with Gasteiger partial charge >= 0.3 is 12.3 Å². The van der Waals surface area contributed by atoms with Gasteiger partial charge in [0.05, 0.1) is 6.10 Å². The minimum absolute atomic E-state index is 0.107. The molecule has 3 fully saturated rings. The van der Waals surface area contributed by atoms with Crippen LogP contribution in [0.15, 0.2) is 24.3 Å². The lowest BCUT2D eigenvalue weighted by Crippen LogP contribution is -2.35. The molecule has 4 rings (SSSR count). The fourth-order valence-electron chi connectivity index (χ4n) is 7.50. The molecule has 0 aliphatic heterocycles. The van der Waals surface area contributed by atoms with Crippen LogP contribution in [0.25, 0.3) is 0 Å². The van der Waals surface area contributed by atoms with Gasteiger partial charge in [-0.25, -0.2) is 8.78 Å². The lowest BCUT2D eigenvalue weighted by atomic mass is 9.70. The monoisotopic (exact) mass is 620 g/mol. The predicted molar refractivity (Wildman–Crippen MR) is 153 cm³/mol. The second kappa shape index (κ2) is 15.5. The third kappa shape index (κ3) is 10.4. The Morgan fingerprint density at radius 2 is 1.23 bits per heavy atom. The number of rotatable bonds is 12. The number of allylic oxidation sites excluding steroid dienone is 2. The van der Waals surface area contributed by atoms with Crippen molar-refractivity contribution in [1.29, 1.82) is 0 Å². The lowest BCUT2D eigenvalue weighted by Gasteiger charge is -2.37. The van der Waals surface area contributed by atoms with E-state index in [2.05, 4.69) is 23.8 Å². The van der Waals surface area contributed by atoms with Gasteiger partial charge in [0, 0.05) is 12.1 Å². The van der Waals surface area contributed by atoms with Crippen molar-refractivity contribution >= 4 is 0 Å². The minimum atomic E-state index is -5.29. The fraction of sp³-hybridized carbons (Fsp3) is 0.765. The third-order valence-electron chi connectivity index (χ3n) is 10.0. The maximum Gasteiger partial charge on any atom is 0.422 e. The summed E-state index contributed by atoms with van der Waals surface area (Å²) in [6.45, 7) is 1.11. The molecule has 1 aromatic carbocycles. The summed E-state index contributed by atoms with van der Waals surface area (Å²) < 4.78 is 104. The molecule has 9 heteroatoms. The third-order valence-corrected chi connectivity index (χ3v) is 10.0. The highest BCUT2D eigenvalue weighted by molar-refractivity contribution is 5.32. The molecule has 0 atom stereocenters. The van der Waals surface area contributed by atoms with Crippen LogP contribution < -0.4 is 4.74 Å². The maximum absolute atomic E-state index is 14.3. The Morgan fingerprint density at radius 3 is 1.74 bits per heavy atom. The van der Waals surface area contributed by atoms with E-state index in [1.165, 1.54) is 77.0 Å². The van der Waals surface area contributed by atoms with E-state index in [9.17, 15) is 30.7 Å². The molecule has 2 nitrogen and oxygen atoms in total. The van der Waals surface area contributed by atoms with Gasteiger partial charge in [0.1, 0.15) is 22.9 Å². The van der Waals surface area contributed by atoms with Crippen LogP contribution in [0.1, 0.15) is 115 Å². The van der Waals surface area contributed by atoms with Gasteiger partial charge in [-0.1, -0.05) is 44.8 Å². The first kappa shape index (κ1) is 34.1. The molecular formula is C34H47F7O2. The molecule has 3 saturated carbocycles. The molecule has 0 spiro atoms. The summed E-state index contributed by atoms with van der Waals surface area (Å²) in [7, 11) is 0. The van der Waals surface area contributed by atoms with Crippen LogP contribution >= 0.6 is 0 Å². The number of benzene rings is 1. The van der Waals surface area contributed by atoms with Gasteiger partial charge in [-0.15, -0.1) is 0 Å². The molecule has 43 heavy (non-hydrogen) atoms. The minimum Gasteiger partial charge on any atom is -0.431 e. The van der Waals surface area contributed by atoms with E-state index in [0.717, 1.165) is 24.7 Å². The first-order chi connectivity index (χ1) is 20.4. The quantitative estimate of drug-likeness (QED) is 0.131. The zero-order chi connectivity index (χ0) is 31.0. The van der Waals surface area contributed by atoms with E-state index < -0.39 is 41.8 Å². The van der Waals surface area contributed by atoms with Crippen LogP contribution in [0, 0.1) is 41.2 Å². The molecule has 0 saturated heterocycles.